The molecule has 4 heterocycles. The zero-order valence-corrected chi connectivity index (χ0v) is 23.9. The first-order chi connectivity index (χ1) is 19.1. The van der Waals surface area contributed by atoms with Crippen LogP contribution in [0.5, 0.6) is 0 Å². The fraction of sp³-hybridized carbons (Fsp3) is 0.750. The molecule has 5 rings (SSSR count). The molecule has 4 fully saturated rings. The van der Waals surface area contributed by atoms with Crippen LogP contribution in [-0.2, 0) is 23.7 Å². The van der Waals surface area contributed by atoms with Crippen LogP contribution in [-0.4, -0.2) is 101 Å². The molecule has 3 atom stereocenters. The van der Waals surface area contributed by atoms with E-state index in [1.54, 1.807) is 17.2 Å². The number of fused-ring (bicyclic) bond motifs is 1. The minimum atomic E-state index is -1.10. The van der Waals surface area contributed by atoms with Gasteiger partial charge in [-0.25, -0.2) is 14.8 Å². The summed E-state index contributed by atoms with van der Waals surface area (Å²) < 4.78 is 23.8. The SMILES string of the molecule is C[C@H]1CN(C(=O)OC(C)(C)C)CCCN1c1nccc(/C(=N\O)C2OCCC3(CCCCC34OCCO4)C2=O)n1. The summed E-state index contributed by atoms with van der Waals surface area (Å²) in [6.45, 7) is 10.4. The Morgan fingerprint density at radius 3 is 2.60 bits per heavy atom. The standard InChI is InChI=1S/C28H41N5O7/c1-19-18-32(25(35)40-26(2,3)4)13-7-14-33(19)24-29-12-8-20(30-24)21(31-36)22-23(34)27(11-15-37-22)9-5-6-10-28(27)38-16-17-39-28/h8,12,19,22,36H,5-7,9-11,13-18H2,1-4H3/b31-21+/t19-,22?,27?/m0/s1. The van der Waals surface area contributed by atoms with Crippen LogP contribution < -0.4 is 4.90 Å². The molecule has 0 bridgehead atoms. The third-order valence-electron chi connectivity index (χ3n) is 8.38. The van der Waals surface area contributed by atoms with Crippen LogP contribution in [0.1, 0.15) is 71.9 Å². The van der Waals surface area contributed by atoms with E-state index in [9.17, 15) is 14.8 Å². The number of carbonyl (C=O) groups is 2. The second-order valence-corrected chi connectivity index (χ2v) is 12.2. The molecule has 40 heavy (non-hydrogen) atoms. The number of hydrogen-bond donors (Lipinski definition) is 1. The van der Waals surface area contributed by atoms with Gasteiger partial charge in [-0.1, -0.05) is 11.6 Å². The van der Waals surface area contributed by atoms with Gasteiger partial charge in [-0.3, -0.25) is 4.79 Å². The van der Waals surface area contributed by atoms with E-state index >= 15 is 0 Å². The number of oxime groups is 1. The van der Waals surface area contributed by atoms with E-state index < -0.39 is 22.9 Å². The van der Waals surface area contributed by atoms with Gasteiger partial charge in [-0.05, 0) is 59.4 Å². The predicted octanol–water partition coefficient (Wildman–Crippen LogP) is 3.15. The van der Waals surface area contributed by atoms with E-state index in [1.807, 2.05) is 32.6 Å². The lowest BCUT2D eigenvalue weighted by Crippen LogP contribution is -2.62. The van der Waals surface area contributed by atoms with Gasteiger partial charge in [0.25, 0.3) is 0 Å². The van der Waals surface area contributed by atoms with Crippen molar-refractivity contribution in [2.24, 2.45) is 10.6 Å². The predicted molar refractivity (Wildman–Crippen MR) is 144 cm³/mol. The Labute approximate surface area is 235 Å². The first-order valence-electron chi connectivity index (χ1n) is 14.3. The Bertz CT molecular complexity index is 1130. The summed E-state index contributed by atoms with van der Waals surface area (Å²) in [6, 6.07) is 1.51. The topological polar surface area (TPSA) is 136 Å². The van der Waals surface area contributed by atoms with Crippen molar-refractivity contribution >= 4 is 23.5 Å². The lowest BCUT2D eigenvalue weighted by Gasteiger charge is -2.51. The fourth-order valence-electron chi connectivity index (χ4n) is 6.54. The maximum absolute atomic E-state index is 14.1. The fourth-order valence-corrected chi connectivity index (χ4v) is 6.54. The second-order valence-electron chi connectivity index (χ2n) is 12.2. The largest absolute Gasteiger partial charge is 0.444 e. The van der Waals surface area contributed by atoms with Gasteiger partial charge >= 0.3 is 6.09 Å². The average molecular weight is 560 g/mol. The lowest BCUT2D eigenvalue weighted by atomic mass is 9.62. The molecule has 1 aromatic heterocycles. The number of ketones is 1. The van der Waals surface area contributed by atoms with Crippen molar-refractivity contribution in [3.63, 3.8) is 0 Å². The van der Waals surface area contributed by atoms with Crippen molar-refractivity contribution in [1.82, 2.24) is 14.9 Å². The summed E-state index contributed by atoms with van der Waals surface area (Å²) in [4.78, 5) is 39.8. The van der Waals surface area contributed by atoms with Gasteiger partial charge in [0.15, 0.2) is 17.7 Å². The molecule has 3 aliphatic heterocycles. The third kappa shape index (κ3) is 5.28. The monoisotopic (exact) mass is 559 g/mol. The number of amides is 1. The maximum atomic E-state index is 14.1. The molecule has 220 valence electrons. The molecule has 4 aliphatic rings. The molecule has 1 saturated carbocycles. The molecule has 1 amide bonds. The Balaban J connectivity index is 1.37. The molecule has 1 N–H and O–H groups in total. The van der Waals surface area contributed by atoms with Gasteiger partial charge < -0.3 is 34.0 Å². The van der Waals surface area contributed by atoms with E-state index in [1.165, 1.54) is 0 Å². The normalized spacial score (nSPS) is 29.6. The van der Waals surface area contributed by atoms with E-state index in [-0.39, 0.29) is 23.6 Å². The summed E-state index contributed by atoms with van der Waals surface area (Å²) in [5.74, 6) is -0.722. The van der Waals surface area contributed by atoms with Gasteiger partial charge in [-0.15, -0.1) is 0 Å². The zero-order chi connectivity index (χ0) is 28.5. The quantitative estimate of drug-likeness (QED) is 0.334. The van der Waals surface area contributed by atoms with Crippen LogP contribution in [0, 0.1) is 5.41 Å². The van der Waals surface area contributed by atoms with Crippen LogP contribution >= 0.6 is 0 Å². The van der Waals surface area contributed by atoms with E-state index in [0.29, 0.717) is 76.8 Å². The Morgan fingerprint density at radius 1 is 1.12 bits per heavy atom. The number of nitrogens with zero attached hydrogens (tertiary/aromatic N) is 5. The van der Waals surface area contributed by atoms with Crippen molar-refractivity contribution in [2.75, 3.05) is 44.4 Å². The van der Waals surface area contributed by atoms with Crippen LogP contribution in [0.2, 0.25) is 0 Å². The van der Waals surface area contributed by atoms with Gasteiger partial charge in [0.1, 0.15) is 11.3 Å². The number of anilines is 1. The first kappa shape index (κ1) is 28.7. The number of hydrogen-bond acceptors (Lipinski definition) is 11. The minimum absolute atomic E-state index is 0.0456. The molecule has 1 aliphatic carbocycles. The van der Waals surface area contributed by atoms with Gasteiger partial charge in [0.05, 0.1) is 24.3 Å². The maximum Gasteiger partial charge on any atom is 0.410 e. The number of Topliss-reactive ketones (excluding diaryl/α,β-unsaturated/α-hetero) is 1. The van der Waals surface area contributed by atoms with Crippen molar-refractivity contribution in [3.05, 3.63) is 18.0 Å². The summed E-state index contributed by atoms with van der Waals surface area (Å²) in [5, 5.41) is 13.7. The van der Waals surface area contributed by atoms with Gasteiger partial charge in [0, 0.05) is 44.9 Å². The van der Waals surface area contributed by atoms with Crippen molar-refractivity contribution < 1.29 is 33.7 Å². The van der Waals surface area contributed by atoms with Crippen LogP contribution in [0.15, 0.2) is 17.4 Å². The second kappa shape index (κ2) is 11.2. The molecule has 12 nitrogen and oxygen atoms in total. The number of aromatic nitrogens is 2. The Kier molecular flexibility index (Phi) is 8.04. The Hall–Kier alpha value is -2.83. The summed E-state index contributed by atoms with van der Waals surface area (Å²) in [5.41, 5.74) is -1.08. The summed E-state index contributed by atoms with van der Waals surface area (Å²) in [7, 11) is 0. The highest BCUT2D eigenvalue weighted by molar-refractivity contribution is 6.17. The van der Waals surface area contributed by atoms with Crippen LogP contribution in [0.3, 0.4) is 0 Å². The van der Waals surface area contributed by atoms with Crippen molar-refractivity contribution in [2.45, 2.75) is 89.8 Å². The van der Waals surface area contributed by atoms with E-state index in [2.05, 4.69) is 10.1 Å². The molecule has 12 heteroatoms. The minimum Gasteiger partial charge on any atom is -0.444 e. The van der Waals surface area contributed by atoms with E-state index in [0.717, 1.165) is 12.8 Å². The highest BCUT2D eigenvalue weighted by atomic mass is 16.7. The molecular weight excluding hydrogens is 518 g/mol. The number of rotatable bonds is 3. The average Bonchev–Trinajstić information content (AvgIpc) is 3.29. The summed E-state index contributed by atoms with van der Waals surface area (Å²) >= 11 is 0. The van der Waals surface area contributed by atoms with Crippen molar-refractivity contribution in [3.8, 4) is 0 Å². The molecule has 3 saturated heterocycles. The van der Waals surface area contributed by atoms with Gasteiger partial charge in [0.2, 0.25) is 5.95 Å². The summed E-state index contributed by atoms with van der Waals surface area (Å²) in [6.07, 6.45) is 4.44. The van der Waals surface area contributed by atoms with Crippen LogP contribution in [0.4, 0.5) is 10.7 Å². The van der Waals surface area contributed by atoms with E-state index in [4.69, 9.17) is 23.9 Å². The molecule has 2 unspecified atom stereocenters. The Morgan fingerprint density at radius 2 is 1.88 bits per heavy atom. The molecule has 0 radical (unpaired) electrons. The smallest absolute Gasteiger partial charge is 0.410 e. The molecule has 1 aromatic rings. The number of ether oxygens (including phenoxy) is 4. The van der Waals surface area contributed by atoms with Gasteiger partial charge in [-0.2, -0.15) is 0 Å². The molecular formula is C28H41N5O7. The highest BCUT2D eigenvalue weighted by Crippen LogP contribution is 2.54. The molecule has 0 aromatic carbocycles. The highest BCUT2D eigenvalue weighted by Gasteiger charge is 2.64. The lowest BCUT2D eigenvalue weighted by molar-refractivity contribution is -0.262. The van der Waals surface area contributed by atoms with Crippen LogP contribution in [0.25, 0.3) is 0 Å². The number of carbonyl (C=O) groups excluding carboxylic acids is 2. The first-order valence-corrected chi connectivity index (χ1v) is 14.3. The molecule has 2 spiro atoms. The zero-order valence-electron chi connectivity index (χ0n) is 23.9. The van der Waals surface area contributed by atoms with Crippen molar-refractivity contribution in [1.29, 1.82) is 0 Å². The third-order valence-corrected chi connectivity index (χ3v) is 8.38.